The third kappa shape index (κ3) is 5.04. The Hall–Kier alpha value is -2.53. The normalized spacial score (nSPS) is 14.6. The van der Waals surface area contributed by atoms with Crippen molar-refractivity contribution in [2.24, 2.45) is 0 Å². The van der Waals surface area contributed by atoms with Gasteiger partial charge in [-0.25, -0.2) is 0 Å². The molecule has 1 aliphatic heterocycles. The van der Waals surface area contributed by atoms with Gasteiger partial charge >= 0.3 is 0 Å². The monoisotopic (exact) mass is 400 g/mol. The van der Waals surface area contributed by atoms with Crippen LogP contribution in [0.5, 0.6) is 5.75 Å². The van der Waals surface area contributed by atoms with Crippen LogP contribution in [0.4, 0.5) is 0 Å². The molecule has 0 saturated carbocycles. The molecule has 1 fully saturated rings. The highest BCUT2D eigenvalue weighted by Gasteiger charge is 2.24. The lowest BCUT2D eigenvalue weighted by atomic mass is 10.0. The predicted octanol–water partition coefficient (Wildman–Crippen LogP) is 3.76. The average Bonchev–Trinajstić information content (AvgIpc) is 2.68. The molecule has 0 aromatic heterocycles. The van der Waals surface area contributed by atoms with Crippen LogP contribution in [0.2, 0.25) is 5.02 Å². The highest BCUT2D eigenvalue weighted by molar-refractivity contribution is 6.30. The summed E-state index contributed by atoms with van der Waals surface area (Å²) in [5.41, 5.74) is 2.56. The first-order valence-electron chi connectivity index (χ1n) is 9.47. The molecule has 3 rings (SSSR count). The topological polar surface area (TPSA) is 58.6 Å². The van der Waals surface area contributed by atoms with E-state index in [0.717, 1.165) is 24.0 Å². The van der Waals surface area contributed by atoms with E-state index in [1.54, 1.807) is 17.0 Å². The molecule has 2 aromatic carbocycles. The van der Waals surface area contributed by atoms with E-state index < -0.39 is 0 Å². The zero-order chi connectivity index (χ0) is 20.1. The van der Waals surface area contributed by atoms with Crippen LogP contribution in [0.25, 0.3) is 0 Å². The summed E-state index contributed by atoms with van der Waals surface area (Å²) in [6.45, 7) is 5.05. The number of piperidine rings is 1. The van der Waals surface area contributed by atoms with E-state index in [0.29, 0.717) is 29.4 Å². The number of halogens is 1. The van der Waals surface area contributed by atoms with Crippen molar-refractivity contribution in [3.05, 3.63) is 64.2 Å². The van der Waals surface area contributed by atoms with Crippen molar-refractivity contribution in [2.75, 3.05) is 19.7 Å². The Morgan fingerprint density at radius 2 is 1.82 bits per heavy atom. The lowest BCUT2D eigenvalue weighted by Crippen LogP contribution is -2.47. The second-order valence-corrected chi connectivity index (χ2v) is 7.58. The van der Waals surface area contributed by atoms with E-state index in [1.165, 1.54) is 0 Å². The molecule has 1 N–H and O–H groups in total. The lowest BCUT2D eigenvalue weighted by Gasteiger charge is -2.32. The third-order valence-corrected chi connectivity index (χ3v) is 5.30. The van der Waals surface area contributed by atoms with E-state index >= 15 is 0 Å². The van der Waals surface area contributed by atoms with Crippen molar-refractivity contribution in [3.8, 4) is 5.75 Å². The summed E-state index contributed by atoms with van der Waals surface area (Å²) < 4.78 is 5.65. The van der Waals surface area contributed by atoms with E-state index in [-0.39, 0.29) is 24.5 Å². The number of rotatable bonds is 5. The maximum atomic E-state index is 12.4. The van der Waals surface area contributed by atoms with Crippen molar-refractivity contribution in [1.29, 1.82) is 0 Å². The summed E-state index contributed by atoms with van der Waals surface area (Å²) in [6.07, 6.45) is 1.48. The molecule has 1 saturated heterocycles. The number of benzene rings is 2. The standard InChI is InChI=1S/C22H25ClN2O3/c1-15-5-3-4-6-19(15)22(27)24-18-9-11-25(12-10-18)21(26)14-28-20-8-7-17(23)13-16(20)2/h3-8,13,18H,9-12,14H2,1-2H3,(H,24,27). The molecule has 0 radical (unpaired) electrons. The van der Waals surface area contributed by atoms with Gasteiger partial charge in [0.15, 0.2) is 6.61 Å². The second kappa shape index (κ2) is 9.11. The van der Waals surface area contributed by atoms with Gasteiger partial charge in [0.05, 0.1) is 0 Å². The van der Waals surface area contributed by atoms with Gasteiger partial charge in [0, 0.05) is 29.7 Å². The molecule has 6 heteroatoms. The van der Waals surface area contributed by atoms with E-state index in [1.807, 2.05) is 44.2 Å². The number of carbonyl (C=O) groups is 2. The van der Waals surface area contributed by atoms with E-state index in [2.05, 4.69) is 5.32 Å². The molecule has 28 heavy (non-hydrogen) atoms. The minimum atomic E-state index is -0.0515. The van der Waals surface area contributed by atoms with Crippen LogP contribution < -0.4 is 10.1 Å². The first-order chi connectivity index (χ1) is 13.4. The summed E-state index contributed by atoms with van der Waals surface area (Å²) in [4.78, 5) is 26.7. The van der Waals surface area contributed by atoms with Crippen LogP contribution in [0.3, 0.4) is 0 Å². The lowest BCUT2D eigenvalue weighted by molar-refractivity contribution is -0.134. The van der Waals surface area contributed by atoms with Crippen LogP contribution in [0.1, 0.15) is 34.3 Å². The molecule has 5 nitrogen and oxygen atoms in total. The fourth-order valence-electron chi connectivity index (χ4n) is 3.37. The maximum absolute atomic E-state index is 12.4. The number of aryl methyl sites for hydroxylation is 2. The Morgan fingerprint density at radius 1 is 1.11 bits per heavy atom. The van der Waals surface area contributed by atoms with E-state index in [4.69, 9.17) is 16.3 Å². The van der Waals surface area contributed by atoms with Gasteiger partial charge < -0.3 is 15.0 Å². The minimum Gasteiger partial charge on any atom is -0.483 e. The Kier molecular flexibility index (Phi) is 6.57. The van der Waals surface area contributed by atoms with Gasteiger partial charge in [0.1, 0.15) is 5.75 Å². The molecule has 0 spiro atoms. The molecule has 1 aliphatic rings. The maximum Gasteiger partial charge on any atom is 0.260 e. The van der Waals surface area contributed by atoms with Gasteiger partial charge in [-0.3, -0.25) is 9.59 Å². The number of hydrogen-bond donors (Lipinski definition) is 1. The van der Waals surface area contributed by atoms with Gasteiger partial charge in [0.25, 0.3) is 11.8 Å². The Morgan fingerprint density at radius 3 is 2.50 bits per heavy atom. The number of carbonyl (C=O) groups excluding carboxylic acids is 2. The van der Waals surface area contributed by atoms with Crippen LogP contribution in [-0.4, -0.2) is 42.5 Å². The molecule has 0 atom stereocenters. The third-order valence-electron chi connectivity index (χ3n) is 5.06. The number of likely N-dealkylation sites (tertiary alicyclic amines) is 1. The van der Waals surface area contributed by atoms with Crippen LogP contribution in [0.15, 0.2) is 42.5 Å². The molecule has 0 aliphatic carbocycles. The van der Waals surface area contributed by atoms with Gasteiger partial charge in [-0.05, 0) is 62.1 Å². The van der Waals surface area contributed by atoms with Crippen molar-refractivity contribution in [2.45, 2.75) is 32.7 Å². The zero-order valence-electron chi connectivity index (χ0n) is 16.2. The van der Waals surface area contributed by atoms with Crippen molar-refractivity contribution in [3.63, 3.8) is 0 Å². The number of hydrogen-bond acceptors (Lipinski definition) is 3. The molecule has 148 valence electrons. The number of nitrogens with zero attached hydrogens (tertiary/aromatic N) is 1. The van der Waals surface area contributed by atoms with Crippen molar-refractivity contribution < 1.29 is 14.3 Å². The molecule has 1 heterocycles. The summed E-state index contributed by atoms with van der Waals surface area (Å²) in [5, 5.41) is 3.73. The predicted molar refractivity (Wildman–Crippen MR) is 110 cm³/mol. The second-order valence-electron chi connectivity index (χ2n) is 7.14. The fraction of sp³-hybridized carbons (Fsp3) is 0.364. The summed E-state index contributed by atoms with van der Waals surface area (Å²) >= 11 is 5.94. The summed E-state index contributed by atoms with van der Waals surface area (Å²) in [7, 11) is 0. The van der Waals surface area contributed by atoms with Gasteiger partial charge in [0.2, 0.25) is 0 Å². The Balaban J connectivity index is 1.46. The van der Waals surface area contributed by atoms with Gasteiger partial charge in [-0.2, -0.15) is 0 Å². The van der Waals surface area contributed by atoms with Gasteiger partial charge in [-0.15, -0.1) is 0 Å². The smallest absolute Gasteiger partial charge is 0.260 e. The Labute approximate surface area is 170 Å². The molecule has 0 bridgehead atoms. The quantitative estimate of drug-likeness (QED) is 0.831. The largest absolute Gasteiger partial charge is 0.483 e. The summed E-state index contributed by atoms with van der Waals surface area (Å²) in [6, 6.07) is 13.0. The number of ether oxygens (including phenoxy) is 1. The summed E-state index contributed by atoms with van der Waals surface area (Å²) in [5.74, 6) is 0.570. The van der Waals surface area contributed by atoms with Crippen LogP contribution in [-0.2, 0) is 4.79 Å². The highest BCUT2D eigenvalue weighted by Crippen LogP contribution is 2.22. The van der Waals surface area contributed by atoms with Crippen LogP contribution >= 0.6 is 11.6 Å². The molecule has 2 aromatic rings. The minimum absolute atomic E-state index is 0.00269. The van der Waals surface area contributed by atoms with Gasteiger partial charge in [-0.1, -0.05) is 29.8 Å². The van der Waals surface area contributed by atoms with Crippen molar-refractivity contribution in [1.82, 2.24) is 10.2 Å². The first-order valence-corrected chi connectivity index (χ1v) is 9.85. The fourth-order valence-corrected chi connectivity index (χ4v) is 3.60. The molecular weight excluding hydrogens is 376 g/mol. The van der Waals surface area contributed by atoms with Crippen LogP contribution in [0, 0.1) is 13.8 Å². The zero-order valence-corrected chi connectivity index (χ0v) is 17.0. The molecular formula is C22H25ClN2O3. The molecule has 0 unspecified atom stereocenters. The number of amides is 2. The SMILES string of the molecule is Cc1cc(Cl)ccc1OCC(=O)N1CCC(NC(=O)c2ccccc2C)CC1. The average molecular weight is 401 g/mol. The first kappa shape index (κ1) is 20.2. The van der Waals surface area contributed by atoms with Crippen molar-refractivity contribution >= 4 is 23.4 Å². The van der Waals surface area contributed by atoms with E-state index in [9.17, 15) is 9.59 Å². The highest BCUT2D eigenvalue weighted by atomic mass is 35.5. The molecule has 2 amide bonds. The number of nitrogens with one attached hydrogen (secondary N) is 1. The Bertz CT molecular complexity index is 861.